The predicted molar refractivity (Wildman–Crippen MR) is 93.3 cm³/mol. The van der Waals surface area contributed by atoms with Crippen molar-refractivity contribution in [1.29, 1.82) is 0 Å². The fraction of sp³-hybridized carbons (Fsp3) is 0.316. The number of nitrogens with zero attached hydrogens (tertiary/aromatic N) is 2. The number of hydrogen-bond acceptors (Lipinski definition) is 3. The lowest BCUT2D eigenvalue weighted by Crippen LogP contribution is -2.27. The van der Waals surface area contributed by atoms with Crippen LogP contribution >= 0.6 is 0 Å². The SMILES string of the molecule is COCCN(Cc1ccc(C)cc1)Cc1nc2ccccc2[nH]1. The Labute approximate surface area is 137 Å². The van der Waals surface area contributed by atoms with E-state index < -0.39 is 0 Å². The van der Waals surface area contributed by atoms with Crippen LogP contribution in [-0.2, 0) is 17.8 Å². The van der Waals surface area contributed by atoms with Crippen molar-refractivity contribution in [2.24, 2.45) is 0 Å². The zero-order valence-corrected chi connectivity index (χ0v) is 13.7. The molecule has 4 heteroatoms. The molecular formula is C19H23N3O. The Morgan fingerprint density at radius 1 is 1.04 bits per heavy atom. The molecule has 2 aromatic carbocycles. The fourth-order valence-corrected chi connectivity index (χ4v) is 2.68. The largest absolute Gasteiger partial charge is 0.383 e. The molecule has 0 atom stereocenters. The van der Waals surface area contributed by atoms with E-state index in [0.717, 1.165) is 36.5 Å². The van der Waals surface area contributed by atoms with Gasteiger partial charge in [0.05, 0.1) is 24.2 Å². The van der Waals surface area contributed by atoms with Gasteiger partial charge >= 0.3 is 0 Å². The van der Waals surface area contributed by atoms with Gasteiger partial charge < -0.3 is 9.72 Å². The number of methoxy groups -OCH3 is 1. The van der Waals surface area contributed by atoms with Crippen LogP contribution in [0.1, 0.15) is 17.0 Å². The van der Waals surface area contributed by atoms with E-state index in [1.54, 1.807) is 7.11 Å². The number of aromatic amines is 1. The highest BCUT2D eigenvalue weighted by Gasteiger charge is 2.10. The Morgan fingerprint density at radius 3 is 2.57 bits per heavy atom. The minimum absolute atomic E-state index is 0.714. The number of hydrogen-bond donors (Lipinski definition) is 1. The lowest BCUT2D eigenvalue weighted by Gasteiger charge is -2.21. The summed E-state index contributed by atoms with van der Waals surface area (Å²) < 4.78 is 5.25. The van der Waals surface area contributed by atoms with Crippen LogP contribution in [0.3, 0.4) is 0 Å². The Balaban J connectivity index is 1.73. The molecule has 1 heterocycles. The number of benzene rings is 2. The molecule has 0 bridgehead atoms. The molecule has 1 N–H and O–H groups in total. The lowest BCUT2D eigenvalue weighted by molar-refractivity contribution is 0.138. The number of ether oxygens (including phenoxy) is 1. The molecule has 23 heavy (non-hydrogen) atoms. The van der Waals surface area contributed by atoms with Crippen molar-refractivity contribution in [3.8, 4) is 0 Å². The van der Waals surface area contributed by atoms with Crippen LogP contribution in [0.4, 0.5) is 0 Å². The van der Waals surface area contributed by atoms with Gasteiger partial charge in [0.2, 0.25) is 0 Å². The minimum Gasteiger partial charge on any atom is -0.383 e. The normalized spacial score (nSPS) is 11.4. The standard InChI is InChI=1S/C19H23N3O/c1-15-7-9-16(10-8-15)13-22(11-12-23-2)14-19-20-17-5-3-4-6-18(17)21-19/h3-10H,11-14H2,1-2H3,(H,20,21). The molecule has 120 valence electrons. The van der Waals surface area contributed by atoms with Crippen LogP contribution in [0.5, 0.6) is 0 Å². The van der Waals surface area contributed by atoms with Crippen molar-refractivity contribution in [2.45, 2.75) is 20.0 Å². The van der Waals surface area contributed by atoms with E-state index in [4.69, 9.17) is 4.74 Å². The third-order valence-electron chi connectivity index (χ3n) is 3.95. The highest BCUT2D eigenvalue weighted by molar-refractivity contribution is 5.74. The van der Waals surface area contributed by atoms with Crippen LogP contribution < -0.4 is 0 Å². The van der Waals surface area contributed by atoms with Gasteiger partial charge in [-0.1, -0.05) is 42.0 Å². The molecule has 0 unspecified atom stereocenters. The Bertz CT molecular complexity index is 716. The summed E-state index contributed by atoms with van der Waals surface area (Å²) in [4.78, 5) is 10.4. The highest BCUT2D eigenvalue weighted by atomic mass is 16.5. The Kier molecular flexibility index (Phi) is 5.05. The molecule has 1 aromatic heterocycles. The molecule has 0 saturated heterocycles. The quantitative estimate of drug-likeness (QED) is 0.726. The molecule has 0 aliphatic carbocycles. The topological polar surface area (TPSA) is 41.1 Å². The van der Waals surface area contributed by atoms with Crippen LogP contribution in [0.2, 0.25) is 0 Å². The average molecular weight is 309 g/mol. The first kappa shape index (κ1) is 15.7. The van der Waals surface area contributed by atoms with Crippen molar-refractivity contribution < 1.29 is 4.74 Å². The van der Waals surface area contributed by atoms with Gasteiger partial charge in [0, 0.05) is 20.2 Å². The third kappa shape index (κ3) is 4.18. The minimum atomic E-state index is 0.714. The molecule has 0 radical (unpaired) electrons. The molecule has 0 spiro atoms. The van der Waals surface area contributed by atoms with Gasteiger partial charge in [0.15, 0.2) is 0 Å². The maximum Gasteiger partial charge on any atom is 0.121 e. The number of imidazole rings is 1. The van der Waals surface area contributed by atoms with Gasteiger partial charge in [-0.3, -0.25) is 4.90 Å². The predicted octanol–water partition coefficient (Wildman–Crippen LogP) is 3.52. The maximum absolute atomic E-state index is 5.25. The number of aryl methyl sites for hydroxylation is 1. The second kappa shape index (κ2) is 7.40. The molecule has 4 nitrogen and oxygen atoms in total. The first-order valence-electron chi connectivity index (χ1n) is 7.95. The van der Waals surface area contributed by atoms with Gasteiger partial charge in [0.25, 0.3) is 0 Å². The monoisotopic (exact) mass is 309 g/mol. The average Bonchev–Trinajstić information content (AvgIpc) is 2.97. The number of H-pyrrole nitrogens is 1. The van der Waals surface area contributed by atoms with Gasteiger partial charge in [-0.05, 0) is 24.6 Å². The number of fused-ring (bicyclic) bond motifs is 1. The molecule has 0 amide bonds. The Morgan fingerprint density at radius 2 is 1.83 bits per heavy atom. The Hall–Kier alpha value is -2.17. The summed E-state index contributed by atoms with van der Waals surface area (Å²) in [7, 11) is 1.74. The van der Waals surface area contributed by atoms with Crippen LogP contribution in [0, 0.1) is 6.92 Å². The maximum atomic E-state index is 5.25. The van der Waals surface area contributed by atoms with Crippen molar-refractivity contribution >= 4 is 11.0 Å². The van der Waals surface area contributed by atoms with E-state index in [1.807, 2.05) is 18.2 Å². The highest BCUT2D eigenvalue weighted by Crippen LogP contribution is 2.14. The molecule has 3 rings (SSSR count). The fourth-order valence-electron chi connectivity index (χ4n) is 2.68. The van der Waals surface area contributed by atoms with Crippen molar-refractivity contribution in [3.05, 3.63) is 65.5 Å². The second-order valence-electron chi connectivity index (χ2n) is 5.89. The summed E-state index contributed by atoms with van der Waals surface area (Å²) in [5.41, 5.74) is 4.70. The van der Waals surface area contributed by atoms with E-state index in [2.05, 4.69) is 52.1 Å². The molecule has 0 fully saturated rings. The molecule has 0 aliphatic rings. The van der Waals surface area contributed by atoms with Crippen LogP contribution in [0.15, 0.2) is 48.5 Å². The van der Waals surface area contributed by atoms with Gasteiger partial charge in [0.1, 0.15) is 5.82 Å². The molecular weight excluding hydrogens is 286 g/mol. The van der Waals surface area contributed by atoms with Crippen molar-refractivity contribution in [2.75, 3.05) is 20.3 Å². The summed E-state index contributed by atoms with van der Waals surface area (Å²) in [5.74, 6) is 0.995. The number of nitrogens with one attached hydrogen (secondary N) is 1. The summed E-state index contributed by atoms with van der Waals surface area (Å²) in [6.45, 7) is 5.38. The molecule has 0 saturated carbocycles. The van der Waals surface area contributed by atoms with E-state index in [-0.39, 0.29) is 0 Å². The van der Waals surface area contributed by atoms with Crippen LogP contribution in [-0.4, -0.2) is 35.1 Å². The molecule has 0 aliphatic heterocycles. The van der Waals surface area contributed by atoms with E-state index in [9.17, 15) is 0 Å². The van der Waals surface area contributed by atoms with Gasteiger partial charge in [-0.25, -0.2) is 4.98 Å². The summed E-state index contributed by atoms with van der Waals surface area (Å²) in [6.07, 6.45) is 0. The van der Waals surface area contributed by atoms with E-state index >= 15 is 0 Å². The van der Waals surface area contributed by atoms with Gasteiger partial charge in [-0.2, -0.15) is 0 Å². The third-order valence-corrected chi connectivity index (χ3v) is 3.95. The van der Waals surface area contributed by atoms with E-state index in [0.29, 0.717) is 6.61 Å². The summed E-state index contributed by atoms with van der Waals surface area (Å²) in [6, 6.07) is 16.8. The van der Waals surface area contributed by atoms with E-state index in [1.165, 1.54) is 11.1 Å². The zero-order chi connectivity index (χ0) is 16.1. The summed E-state index contributed by atoms with van der Waals surface area (Å²) >= 11 is 0. The first-order valence-corrected chi connectivity index (χ1v) is 7.95. The number of rotatable bonds is 7. The van der Waals surface area contributed by atoms with Gasteiger partial charge in [-0.15, -0.1) is 0 Å². The summed E-state index contributed by atoms with van der Waals surface area (Å²) in [5, 5.41) is 0. The number of para-hydroxylation sites is 2. The molecule has 3 aromatic rings. The number of aromatic nitrogens is 2. The zero-order valence-electron chi connectivity index (χ0n) is 13.7. The van der Waals surface area contributed by atoms with Crippen molar-refractivity contribution in [1.82, 2.24) is 14.9 Å². The van der Waals surface area contributed by atoms with Crippen molar-refractivity contribution in [3.63, 3.8) is 0 Å². The smallest absolute Gasteiger partial charge is 0.121 e. The first-order chi connectivity index (χ1) is 11.2. The lowest BCUT2D eigenvalue weighted by atomic mass is 10.1. The second-order valence-corrected chi connectivity index (χ2v) is 5.89. The van der Waals surface area contributed by atoms with Crippen LogP contribution in [0.25, 0.3) is 11.0 Å².